The Morgan fingerprint density at radius 1 is 1.39 bits per heavy atom. The number of carbonyl (C=O) groups is 1. The quantitative estimate of drug-likeness (QED) is 0.880. The highest BCUT2D eigenvalue weighted by molar-refractivity contribution is 6.32. The fourth-order valence-corrected chi connectivity index (χ4v) is 2.72. The number of pyridine rings is 1. The highest BCUT2D eigenvalue weighted by Gasteiger charge is 2.18. The van der Waals surface area contributed by atoms with Gasteiger partial charge in [0, 0.05) is 18.7 Å². The number of ether oxygens (including phenoxy) is 1. The minimum Gasteiger partial charge on any atom is -0.456 e. The molecule has 5 nitrogen and oxygen atoms in total. The molecule has 0 aliphatic carbocycles. The standard InChI is InChI=1S/C17H18ClN3O2/c18-14-3-1-2-4-15(14)23-13-6-8-20-16(10-13)21-17(22)9-12-5-7-19-11-12/h1-4,6,8,10,12,19H,5,7,9,11H2,(H,20,21,22)/t12-/m0/s1. The third-order valence-corrected chi connectivity index (χ3v) is 4.01. The van der Waals surface area contributed by atoms with Crippen molar-refractivity contribution in [3.63, 3.8) is 0 Å². The van der Waals surface area contributed by atoms with Crippen LogP contribution in [0.15, 0.2) is 42.6 Å². The smallest absolute Gasteiger partial charge is 0.225 e. The number of aromatic nitrogens is 1. The zero-order valence-electron chi connectivity index (χ0n) is 12.6. The molecule has 6 heteroatoms. The Hall–Kier alpha value is -2.11. The molecule has 1 saturated heterocycles. The summed E-state index contributed by atoms with van der Waals surface area (Å²) < 4.78 is 5.73. The van der Waals surface area contributed by atoms with Gasteiger partial charge in [0.25, 0.3) is 0 Å². The second kappa shape index (κ2) is 7.44. The SMILES string of the molecule is O=C(C[C@@H]1CCNC1)Nc1cc(Oc2ccccc2Cl)ccn1. The van der Waals surface area contributed by atoms with Crippen LogP contribution in [0.2, 0.25) is 5.02 Å². The number of anilines is 1. The lowest BCUT2D eigenvalue weighted by molar-refractivity contribution is -0.117. The Bertz CT molecular complexity index is 687. The Kier molecular flexibility index (Phi) is 5.10. The van der Waals surface area contributed by atoms with Gasteiger partial charge in [-0.3, -0.25) is 4.79 Å². The first kappa shape index (κ1) is 15.8. The van der Waals surface area contributed by atoms with Crippen molar-refractivity contribution in [1.29, 1.82) is 0 Å². The third kappa shape index (κ3) is 4.43. The number of amides is 1. The van der Waals surface area contributed by atoms with Gasteiger partial charge in [0.05, 0.1) is 5.02 Å². The summed E-state index contributed by atoms with van der Waals surface area (Å²) in [6, 6.07) is 10.6. The molecular formula is C17H18ClN3O2. The van der Waals surface area contributed by atoms with E-state index in [1.165, 1.54) is 0 Å². The molecule has 2 aromatic rings. The van der Waals surface area contributed by atoms with Gasteiger partial charge in [-0.25, -0.2) is 4.98 Å². The van der Waals surface area contributed by atoms with Gasteiger partial charge in [0.15, 0.2) is 0 Å². The Labute approximate surface area is 140 Å². The number of nitrogens with zero attached hydrogens (tertiary/aromatic N) is 1. The Balaban J connectivity index is 1.63. The number of nitrogens with one attached hydrogen (secondary N) is 2. The Morgan fingerprint density at radius 2 is 2.26 bits per heavy atom. The zero-order chi connectivity index (χ0) is 16.1. The van der Waals surface area contributed by atoms with Gasteiger partial charge >= 0.3 is 0 Å². The highest BCUT2D eigenvalue weighted by atomic mass is 35.5. The molecule has 3 rings (SSSR count). The maximum absolute atomic E-state index is 12.1. The first-order chi connectivity index (χ1) is 11.2. The minimum absolute atomic E-state index is 0.0268. The van der Waals surface area contributed by atoms with Crippen molar-refractivity contribution in [2.75, 3.05) is 18.4 Å². The fourth-order valence-electron chi connectivity index (χ4n) is 2.54. The average Bonchev–Trinajstić information content (AvgIpc) is 3.03. The van der Waals surface area contributed by atoms with E-state index in [0.717, 1.165) is 19.5 Å². The van der Waals surface area contributed by atoms with Crippen molar-refractivity contribution in [1.82, 2.24) is 10.3 Å². The topological polar surface area (TPSA) is 63.2 Å². The summed E-state index contributed by atoms with van der Waals surface area (Å²) in [6.45, 7) is 1.88. The van der Waals surface area contributed by atoms with Crippen LogP contribution in [0.1, 0.15) is 12.8 Å². The summed E-state index contributed by atoms with van der Waals surface area (Å²) >= 11 is 6.08. The molecule has 0 radical (unpaired) electrons. The summed E-state index contributed by atoms with van der Waals surface area (Å²) in [5.74, 6) is 1.99. The zero-order valence-corrected chi connectivity index (χ0v) is 13.3. The fraction of sp³-hybridized carbons (Fsp3) is 0.294. The summed E-state index contributed by atoms with van der Waals surface area (Å²) in [7, 11) is 0. The van der Waals surface area contributed by atoms with Crippen LogP contribution in [0.25, 0.3) is 0 Å². The van der Waals surface area contributed by atoms with E-state index in [1.807, 2.05) is 12.1 Å². The van der Waals surface area contributed by atoms with E-state index in [2.05, 4.69) is 15.6 Å². The van der Waals surface area contributed by atoms with Crippen LogP contribution in [-0.4, -0.2) is 24.0 Å². The van der Waals surface area contributed by atoms with Gasteiger partial charge in [0.2, 0.25) is 5.91 Å². The molecule has 0 saturated carbocycles. The van der Waals surface area contributed by atoms with Gasteiger partial charge < -0.3 is 15.4 Å². The molecule has 120 valence electrons. The van der Waals surface area contributed by atoms with Crippen LogP contribution in [-0.2, 0) is 4.79 Å². The summed E-state index contributed by atoms with van der Waals surface area (Å²) in [4.78, 5) is 16.2. The van der Waals surface area contributed by atoms with Gasteiger partial charge in [-0.15, -0.1) is 0 Å². The van der Waals surface area contributed by atoms with E-state index in [9.17, 15) is 4.79 Å². The van der Waals surface area contributed by atoms with Crippen LogP contribution in [0.4, 0.5) is 5.82 Å². The van der Waals surface area contributed by atoms with E-state index in [0.29, 0.717) is 34.7 Å². The molecule has 1 aromatic carbocycles. The number of rotatable bonds is 5. The average molecular weight is 332 g/mol. The lowest BCUT2D eigenvalue weighted by Gasteiger charge is -2.10. The van der Waals surface area contributed by atoms with Gasteiger partial charge in [-0.2, -0.15) is 0 Å². The van der Waals surface area contributed by atoms with E-state index < -0.39 is 0 Å². The molecule has 1 fully saturated rings. The predicted octanol–water partition coefficient (Wildman–Crippen LogP) is 3.47. The van der Waals surface area contributed by atoms with Gasteiger partial charge in [0.1, 0.15) is 17.3 Å². The summed E-state index contributed by atoms with van der Waals surface area (Å²) in [5.41, 5.74) is 0. The van der Waals surface area contributed by atoms with Crippen molar-refractivity contribution < 1.29 is 9.53 Å². The summed E-state index contributed by atoms with van der Waals surface area (Å²) in [6.07, 6.45) is 3.14. The van der Waals surface area contributed by atoms with Gasteiger partial charge in [-0.05, 0) is 43.6 Å². The minimum atomic E-state index is -0.0268. The van der Waals surface area contributed by atoms with E-state index >= 15 is 0 Å². The van der Waals surface area contributed by atoms with Crippen LogP contribution in [0.5, 0.6) is 11.5 Å². The van der Waals surface area contributed by atoms with Crippen molar-refractivity contribution >= 4 is 23.3 Å². The van der Waals surface area contributed by atoms with E-state index in [1.54, 1.807) is 30.5 Å². The molecule has 0 bridgehead atoms. The molecule has 1 amide bonds. The van der Waals surface area contributed by atoms with Crippen LogP contribution >= 0.6 is 11.6 Å². The largest absolute Gasteiger partial charge is 0.456 e. The monoisotopic (exact) mass is 331 g/mol. The third-order valence-electron chi connectivity index (χ3n) is 3.70. The molecule has 1 aromatic heterocycles. The molecule has 1 atom stereocenters. The molecule has 0 spiro atoms. The molecular weight excluding hydrogens is 314 g/mol. The number of para-hydroxylation sites is 1. The molecule has 2 heterocycles. The number of halogens is 1. The van der Waals surface area contributed by atoms with Crippen molar-refractivity contribution in [2.45, 2.75) is 12.8 Å². The normalized spacial score (nSPS) is 17.0. The predicted molar refractivity (Wildman–Crippen MR) is 90.0 cm³/mol. The van der Waals surface area contributed by atoms with Crippen molar-refractivity contribution in [3.8, 4) is 11.5 Å². The number of carbonyl (C=O) groups excluding carboxylic acids is 1. The Morgan fingerprint density at radius 3 is 3.04 bits per heavy atom. The maximum atomic E-state index is 12.1. The van der Waals surface area contributed by atoms with Crippen LogP contribution < -0.4 is 15.4 Å². The van der Waals surface area contributed by atoms with Crippen LogP contribution in [0, 0.1) is 5.92 Å². The lowest BCUT2D eigenvalue weighted by Crippen LogP contribution is -2.18. The number of hydrogen-bond acceptors (Lipinski definition) is 4. The van der Waals surface area contributed by atoms with Crippen molar-refractivity contribution in [3.05, 3.63) is 47.6 Å². The summed E-state index contributed by atoms with van der Waals surface area (Å²) in [5, 5.41) is 6.61. The maximum Gasteiger partial charge on any atom is 0.225 e. The second-order valence-electron chi connectivity index (χ2n) is 5.52. The first-order valence-electron chi connectivity index (χ1n) is 7.60. The first-order valence-corrected chi connectivity index (χ1v) is 7.97. The number of benzene rings is 1. The highest BCUT2D eigenvalue weighted by Crippen LogP contribution is 2.29. The number of hydrogen-bond donors (Lipinski definition) is 2. The van der Waals surface area contributed by atoms with Crippen molar-refractivity contribution in [2.24, 2.45) is 5.92 Å². The molecule has 1 aliphatic heterocycles. The second-order valence-corrected chi connectivity index (χ2v) is 5.93. The molecule has 0 unspecified atom stereocenters. The molecule has 23 heavy (non-hydrogen) atoms. The van der Waals surface area contributed by atoms with E-state index in [-0.39, 0.29) is 5.91 Å². The van der Waals surface area contributed by atoms with Gasteiger partial charge in [-0.1, -0.05) is 23.7 Å². The molecule has 2 N–H and O–H groups in total. The lowest BCUT2D eigenvalue weighted by atomic mass is 10.0. The van der Waals surface area contributed by atoms with E-state index in [4.69, 9.17) is 16.3 Å². The van der Waals surface area contributed by atoms with Crippen LogP contribution in [0.3, 0.4) is 0 Å². The molecule has 1 aliphatic rings.